The van der Waals surface area contributed by atoms with E-state index >= 15 is 0 Å². The van der Waals surface area contributed by atoms with Gasteiger partial charge in [-0.2, -0.15) is 0 Å². The number of fused-ring (bicyclic) bond motifs is 1. The first kappa shape index (κ1) is 11.3. The van der Waals surface area contributed by atoms with Gasteiger partial charge in [0.2, 0.25) is 0 Å². The van der Waals surface area contributed by atoms with Crippen molar-refractivity contribution in [2.24, 2.45) is 5.84 Å². The summed E-state index contributed by atoms with van der Waals surface area (Å²) in [6.45, 7) is 2.18. The van der Waals surface area contributed by atoms with Crippen LogP contribution in [0.3, 0.4) is 0 Å². The second-order valence-electron chi connectivity index (χ2n) is 4.37. The van der Waals surface area contributed by atoms with Crippen molar-refractivity contribution in [3.05, 3.63) is 17.1 Å². The fourth-order valence-electron chi connectivity index (χ4n) is 2.21. The SMILES string of the molecule is CCCCc1nc2c(c(NN)n1)CCCC2. The predicted octanol–water partition coefficient (Wildman–Crippen LogP) is 1.98. The Morgan fingerprint density at radius 2 is 2.06 bits per heavy atom. The van der Waals surface area contributed by atoms with Gasteiger partial charge in [-0.25, -0.2) is 15.8 Å². The van der Waals surface area contributed by atoms with E-state index in [2.05, 4.69) is 22.3 Å². The van der Waals surface area contributed by atoms with Crippen molar-refractivity contribution in [3.63, 3.8) is 0 Å². The topological polar surface area (TPSA) is 63.8 Å². The van der Waals surface area contributed by atoms with Crippen molar-refractivity contribution in [2.75, 3.05) is 5.43 Å². The molecule has 88 valence electrons. The van der Waals surface area contributed by atoms with Gasteiger partial charge in [0.1, 0.15) is 11.6 Å². The molecular formula is C12H20N4. The lowest BCUT2D eigenvalue weighted by Gasteiger charge is -2.18. The molecule has 0 amide bonds. The van der Waals surface area contributed by atoms with Crippen LogP contribution in [0.15, 0.2) is 0 Å². The molecule has 0 bridgehead atoms. The Labute approximate surface area is 96.6 Å². The van der Waals surface area contributed by atoms with E-state index < -0.39 is 0 Å². The molecule has 0 unspecified atom stereocenters. The maximum absolute atomic E-state index is 5.53. The molecule has 0 spiro atoms. The Kier molecular flexibility index (Phi) is 3.72. The monoisotopic (exact) mass is 220 g/mol. The van der Waals surface area contributed by atoms with Crippen molar-refractivity contribution >= 4 is 5.82 Å². The first-order valence-electron chi connectivity index (χ1n) is 6.20. The van der Waals surface area contributed by atoms with Crippen LogP contribution in [0.25, 0.3) is 0 Å². The van der Waals surface area contributed by atoms with Crippen LogP contribution in [0, 0.1) is 0 Å². The molecule has 0 aromatic carbocycles. The molecule has 1 aliphatic carbocycles. The van der Waals surface area contributed by atoms with E-state index in [1.165, 1.54) is 30.5 Å². The summed E-state index contributed by atoms with van der Waals surface area (Å²) < 4.78 is 0. The summed E-state index contributed by atoms with van der Waals surface area (Å²) in [6.07, 6.45) is 7.86. The lowest BCUT2D eigenvalue weighted by atomic mass is 9.96. The van der Waals surface area contributed by atoms with Gasteiger partial charge < -0.3 is 5.43 Å². The van der Waals surface area contributed by atoms with Gasteiger partial charge in [0, 0.05) is 17.7 Å². The van der Waals surface area contributed by atoms with Crippen LogP contribution in [0.5, 0.6) is 0 Å². The summed E-state index contributed by atoms with van der Waals surface area (Å²) in [7, 11) is 0. The van der Waals surface area contributed by atoms with Crippen LogP contribution >= 0.6 is 0 Å². The fraction of sp³-hybridized carbons (Fsp3) is 0.667. The smallest absolute Gasteiger partial charge is 0.147 e. The number of nitrogens with two attached hydrogens (primary N) is 1. The average Bonchev–Trinajstić information content (AvgIpc) is 2.35. The minimum atomic E-state index is 0.843. The Hall–Kier alpha value is -1.16. The summed E-state index contributed by atoms with van der Waals surface area (Å²) >= 11 is 0. The molecule has 0 saturated heterocycles. The molecule has 0 saturated carbocycles. The number of unbranched alkanes of at least 4 members (excludes halogenated alkanes) is 1. The average molecular weight is 220 g/mol. The number of nitrogens with one attached hydrogen (secondary N) is 1. The summed E-state index contributed by atoms with van der Waals surface area (Å²) in [6, 6.07) is 0. The molecule has 1 aromatic rings. The molecule has 4 heteroatoms. The zero-order valence-electron chi connectivity index (χ0n) is 9.92. The maximum atomic E-state index is 5.53. The number of anilines is 1. The number of rotatable bonds is 4. The van der Waals surface area contributed by atoms with Crippen LogP contribution < -0.4 is 11.3 Å². The van der Waals surface area contributed by atoms with Crippen LogP contribution in [-0.2, 0) is 19.3 Å². The lowest BCUT2D eigenvalue weighted by Crippen LogP contribution is -2.18. The van der Waals surface area contributed by atoms with Gasteiger partial charge in [-0.05, 0) is 32.1 Å². The number of nitrogen functional groups attached to an aromatic ring is 1. The largest absolute Gasteiger partial charge is 0.308 e. The van der Waals surface area contributed by atoms with Gasteiger partial charge in [0.15, 0.2) is 0 Å². The van der Waals surface area contributed by atoms with E-state index in [0.29, 0.717) is 0 Å². The van der Waals surface area contributed by atoms with E-state index in [9.17, 15) is 0 Å². The zero-order chi connectivity index (χ0) is 11.4. The number of nitrogens with zero attached hydrogens (tertiary/aromatic N) is 2. The predicted molar refractivity (Wildman–Crippen MR) is 65.1 cm³/mol. The van der Waals surface area contributed by atoms with Crippen molar-refractivity contribution in [3.8, 4) is 0 Å². The van der Waals surface area contributed by atoms with Gasteiger partial charge in [-0.3, -0.25) is 0 Å². The van der Waals surface area contributed by atoms with E-state index in [0.717, 1.165) is 37.3 Å². The van der Waals surface area contributed by atoms with Crippen LogP contribution in [0.2, 0.25) is 0 Å². The molecule has 16 heavy (non-hydrogen) atoms. The number of hydrazine groups is 1. The van der Waals surface area contributed by atoms with Crippen LogP contribution in [0.1, 0.15) is 49.7 Å². The van der Waals surface area contributed by atoms with E-state index in [1.807, 2.05) is 0 Å². The molecule has 0 aliphatic heterocycles. The summed E-state index contributed by atoms with van der Waals surface area (Å²) in [4.78, 5) is 9.15. The third-order valence-corrected chi connectivity index (χ3v) is 3.12. The molecule has 1 aromatic heterocycles. The Balaban J connectivity index is 2.28. The highest BCUT2D eigenvalue weighted by Crippen LogP contribution is 2.25. The minimum absolute atomic E-state index is 0.843. The van der Waals surface area contributed by atoms with E-state index in [4.69, 9.17) is 5.84 Å². The second-order valence-corrected chi connectivity index (χ2v) is 4.37. The molecule has 1 aliphatic rings. The maximum Gasteiger partial charge on any atom is 0.147 e. The Bertz CT molecular complexity index is 345. The molecule has 0 fully saturated rings. The molecule has 2 rings (SSSR count). The van der Waals surface area contributed by atoms with E-state index in [-0.39, 0.29) is 0 Å². The summed E-state index contributed by atoms with van der Waals surface area (Å²) in [5.41, 5.74) is 5.16. The third kappa shape index (κ3) is 2.32. The van der Waals surface area contributed by atoms with Gasteiger partial charge in [-0.15, -0.1) is 0 Å². The summed E-state index contributed by atoms with van der Waals surface area (Å²) in [5, 5.41) is 0. The highest BCUT2D eigenvalue weighted by atomic mass is 15.3. The quantitative estimate of drug-likeness (QED) is 0.601. The normalized spacial score (nSPS) is 14.6. The number of aryl methyl sites for hydroxylation is 2. The lowest BCUT2D eigenvalue weighted by molar-refractivity contribution is 0.648. The van der Waals surface area contributed by atoms with Gasteiger partial charge in [0.25, 0.3) is 0 Å². The number of hydrogen-bond donors (Lipinski definition) is 2. The van der Waals surface area contributed by atoms with Gasteiger partial charge in [-0.1, -0.05) is 13.3 Å². The van der Waals surface area contributed by atoms with Gasteiger partial charge >= 0.3 is 0 Å². The van der Waals surface area contributed by atoms with Crippen molar-refractivity contribution < 1.29 is 0 Å². The number of hydrogen-bond acceptors (Lipinski definition) is 4. The minimum Gasteiger partial charge on any atom is -0.308 e. The van der Waals surface area contributed by atoms with Crippen LogP contribution in [-0.4, -0.2) is 9.97 Å². The molecule has 0 atom stereocenters. The standard InChI is InChI=1S/C12H20N4/c1-2-3-8-11-14-10-7-5-4-6-9(10)12(15-11)16-13/h2-8,13H2,1H3,(H,14,15,16). The summed E-state index contributed by atoms with van der Waals surface area (Å²) in [5.74, 6) is 7.31. The fourth-order valence-corrected chi connectivity index (χ4v) is 2.21. The van der Waals surface area contributed by atoms with Crippen molar-refractivity contribution in [1.82, 2.24) is 9.97 Å². The Morgan fingerprint density at radius 1 is 1.25 bits per heavy atom. The van der Waals surface area contributed by atoms with E-state index in [1.54, 1.807) is 0 Å². The highest BCUT2D eigenvalue weighted by Gasteiger charge is 2.16. The molecule has 1 heterocycles. The number of aromatic nitrogens is 2. The van der Waals surface area contributed by atoms with Crippen LogP contribution in [0.4, 0.5) is 5.82 Å². The van der Waals surface area contributed by atoms with Gasteiger partial charge in [0.05, 0.1) is 0 Å². The third-order valence-electron chi connectivity index (χ3n) is 3.12. The van der Waals surface area contributed by atoms with Crippen molar-refractivity contribution in [2.45, 2.75) is 51.9 Å². The first-order chi connectivity index (χ1) is 7.85. The zero-order valence-corrected chi connectivity index (χ0v) is 9.92. The second kappa shape index (κ2) is 5.25. The molecule has 0 radical (unpaired) electrons. The highest BCUT2D eigenvalue weighted by molar-refractivity contribution is 5.46. The first-order valence-corrected chi connectivity index (χ1v) is 6.20. The molecular weight excluding hydrogens is 200 g/mol. The Morgan fingerprint density at radius 3 is 2.81 bits per heavy atom. The van der Waals surface area contributed by atoms with Crippen molar-refractivity contribution in [1.29, 1.82) is 0 Å². The molecule has 3 N–H and O–H groups in total. The molecule has 4 nitrogen and oxygen atoms in total.